The minimum atomic E-state index is -0.405. The summed E-state index contributed by atoms with van der Waals surface area (Å²) in [4.78, 5) is 0. The molecule has 0 radical (unpaired) electrons. The van der Waals surface area contributed by atoms with E-state index in [0.29, 0.717) is 16.0 Å². The van der Waals surface area contributed by atoms with Gasteiger partial charge in [-0.25, -0.2) is 0 Å². The summed E-state index contributed by atoms with van der Waals surface area (Å²) in [6, 6.07) is 5.37. The number of benzene rings is 1. The molecular weight excluding hydrogens is 243 g/mol. The molecule has 0 unspecified atom stereocenters. The number of hydrogen-bond acceptors (Lipinski definition) is 1. The van der Waals surface area contributed by atoms with Crippen LogP contribution >= 0.6 is 23.2 Å². The summed E-state index contributed by atoms with van der Waals surface area (Å²) in [7, 11) is 0. The van der Waals surface area contributed by atoms with E-state index in [2.05, 4.69) is 0 Å². The van der Waals surface area contributed by atoms with Crippen molar-refractivity contribution in [2.75, 3.05) is 0 Å². The molecule has 0 amide bonds. The SMILES string of the molecule is O[C@@H](CC1CCCC1)c1ccc(Cl)c(Cl)c1. The molecule has 0 spiro atoms. The molecule has 1 aliphatic rings. The van der Waals surface area contributed by atoms with Gasteiger partial charge in [0.05, 0.1) is 16.1 Å². The van der Waals surface area contributed by atoms with Crippen molar-refractivity contribution in [1.29, 1.82) is 0 Å². The average molecular weight is 259 g/mol. The number of aliphatic hydroxyl groups is 1. The van der Waals surface area contributed by atoms with E-state index in [1.165, 1.54) is 25.7 Å². The van der Waals surface area contributed by atoms with Crippen LogP contribution in [0.25, 0.3) is 0 Å². The first-order valence-electron chi connectivity index (χ1n) is 5.80. The third kappa shape index (κ3) is 2.91. The zero-order valence-corrected chi connectivity index (χ0v) is 10.6. The maximum atomic E-state index is 10.1. The molecule has 16 heavy (non-hydrogen) atoms. The zero-order chi connectivity index (χ0) is 11.5. The monoisotopic (exact) mass is 258 g/mol. The van der Waals surface area contributed by atoms with Crippen LogP contribution in [0.5, 0.6) is 0 Å². The molecule has 0 aliphatic heterocycles. The molecule has 0 saturated heterocycles. The molecule has 2 rings (SSSR count). The van der Waals surface area contributed by atoms with Crippen molar-refractivity contribution in [1.82, 2.24) is 0 Å². The molecular formula is C13H16Cl2O. The Kier molecular flexibility index (Phi) is 4.12. The molecule has 1 N–H and O–H groups in total. The third-order valence-corrected chi connectivity index (χ3v) is 4.10. The first kappa shape index (κ1) is 12.2. The Labute approximate surface area is 106 Å². The number of halogens is 2. The molecule has 0 heterocycles. The molecule has 0 aromatic heterocycles. The van der Waals surface area contributed by atoms with E-state index in [1.54, 1.807) is 12.1 Å². The predicted molar refractivity (Wildman–Crippen MR) is 68.0 cm³/mol. The van der Waals surface area contributed by atoms with Gasteiger partial charge in [-0.3, -0.25) is 0 Å². The molecule has 3 heteroatoms. The van der Waals surface area contributed by atoms with Gasteiger partial charge in [0.25, 0.3) is 0 Å². The summed E-state index contributed by atoms with van der Waals surface area (Å²) in [6.45, 7) is 0. The molecule has 88 valence electrons. The van der Waals surface area contributed by atoms with Crippen molar-refractivity contribution in [2.45, 2.75) is 38.2 Å². The summed E-state index contributed by atoms with van der Waals surface area (Å²) in [5.41, 5.74) is 0.876. The Bertz CT molecular complexity index is 359. The van der Waals surface area contributed by atoms with Crippen LogP contribution in [-0.4, -0.2) is 5.11 Å². The number of aliphatic hydroxyl groups excluding tert-OH is 1. The maximum absolute atomic E-state index is 10.1. The van der Waals surface area contributed by atoms with Crippen molar-refractivity contribution in [3.8, 4) is 0 Å². The van der Waals surface area contributed by atoms with Crippen LogP contribution in [0.1, 0.15) is 43.8 Å². The summed E-state index contributed by atoms with van der Waals surface area (Å²) in [5, 5.41) is 11.2. The van der Waals surface area contributed by atoms with Gasteiger partial charge in [0.2, 0.25) is 0 Å². The fourth-order valence-electron chi connectivity index (χ4n) is 2.42. The summed E-state index contributed by atoms with van der Waals surface area (Å²) < 4.78 is 0. The molecule has 1 aromatic rings. The minimum Gasteiger partial charge on any atom is -0.388 e. The molecule has 1 aliphatic carbocycles. The molecule has 1 aromatic carbocycles. The second-order valence-corrected chi connectivity index (χ2v) is 5.39. The van der Waals surface area contributed by atoms with Gasteiger partial charge < -0.3 is 5.11 Å². The largest absolute Gasteiger partial charge is 0.388 e. The molecule has 1 atom stereocenters. The van der Waals surface area contributed by atoms with Crippen LogP contribution in [0.4, 0.5) is 0 Å². The van der Waals surface area contributed by atoms with Crippen molar-refractivity contribution in [3.63, 3.8) is 0 Å². The highest BCUT2D eigenvalue weighted by Gasteiger charge is 2.20. The van der Waals surface area contributed by atoms with Crippen molar-refractivity contribution in [3.05, 3.63) is 33.8 Å². The third-order valence-electron chi connectivity index (χ3n) is 3.36. The average Bonchev–Trinajstić information content (AvgIpc) is 2.74. The quantitative estimate of drug-likeness (QED) is 0.840. The van der Waals surface area contributed by atoms with Crippen LogP contribution in [-0.2, 0) is 0 Å². The van der Waals surface area contributed by atoms with E-state index in [-0.39, 0.29) is 0 Å². The van der Waals surface area contributed by atoms with Crippen LogP contribution in [0.3, 0.4) is 0 Å². The van der Waals surface area contributed by atoms with E-state index >= 15 is 0 Å². The second-order valence-electron chi connectivity index (χ2n) is 4.58. The number of hydrogen-bond donors (Lipinski definition) is 1. The van der Waals surface area contributed by atoms with Crippen LogP contribution in [0.15, 0.2) is 18.2 Å². The van der Waals surface area contributed by atoms with Gasteiger partial charge in [-0.2, -0.15) is 0 Å². The van der Waals surface area contributed by atoms with Gasteiger partial charge >= 0.3 is 0 Å². The van der Waals surface area contributed by atoms with Gasteiger partial charge in [-0.1, -0.05) is 55.0 Å². The van der Waals surface area contributed by atoms with E-state index in [4.69, 9.17) is 23.2 Å². The molecule has 0 bridgehead atoms. The van der Waals surface area contributed by atoms with E-state index in [0.717, 1.165) is 12.0 Å². The topological polar surface area (TPSA) is 20.2 Å². The highest BCUT2D eigenvalue weighted by molar-refractivity contribution is 6.42. The first-order valence-corrected chi connectivity index (χ1v) is 6.55. The smallest absolute Gasteiger partial charge is 0.0793 e. The van der Waals surface area contributed by atoms with Gasteiger partial charge in [-0.05, 0) is 30.0 Å². The lowest BCUT2D eigenvalue weighted by atomic mass is 9.96. The summed E-state index contributed by atoms with van der Waals surface area (Å²) in [6.07, 6.45) is 5.55. The fraction of sp³-hybridized carbons (Fsp3) is 0.538. The van der Waals surface area contributed by atoms with Crippen LogP contribution in [0.2, 0.25) is 10.0 Å². The second kappa shape index (κ2) is 5.39. The Hall–Kier alpha value is -0.240. The van der Waals surface area contributed by atoms with Crippen LogP contribution < -0.4 is 0 Å². The molecule has 1 nitrogen and oxygen atoms in total. The van der Waals surface area contributed by atoms with Gasteiger partial charge in [-0.15, -0.1) is 0 Å². The van der Waals surface area contributed by atoms with E-state index in [9.17, 15) is 5.11 Å². The highest BCUT2D eigenvalue weighted by atomic mass is 35.5. The lowest BCUT2D eigenvalue weighted by Gasteiger charge is -2.16. The molecule has 1 fully saturated rings. The Morgan fingerprint density at radius 1 is 1.19 bits per heavy atom. The fourth-order valence-corrected chi connectivity index (χ4v) is 2.72. The molecule has 1 saturated carbocycles. The lowest BCUT2D eigenvalue weighted by Crippen LogP contribution is -2.04. The van der Waals surface area contributed by atoms with E-state index in [1.807, 2.05) is 6.07 Å². The normalized spacial score (nSPS) is 18.9. The standard InChI is InChI=1S/C13H16Cl2O/c14-11-6-5-10(8-12(11)15)13(16)7-9-3-1-2-4-9/h5-6,8-9,13,16H,1-4,7H2/t13-/m0/s1. The Balaban J connectivity index is 2.02. The predicted octanol–water partition coefficient (Wildman–Crippen LogP) is 4.61. The Morgan fingerprint density at radius 2 is 1.88 bits per heavy atom. The van der Waals surface area contributed by atoms with Gasteiger partial charge in [0.15, 0.2) is 0 Å². The summed E-state index contributed by atoms with van der Waals surface area (Å²) in [5.74, 6) is 0.671. The summed E-state index contributed by atoms with van der Waals surface area (Å²) >= 11 is 11.8. The van der Waals surface area contributed by atoms with Crippen molar-refractivity contribution in [2.24, 2.45) is 5.92 Å². The van der Waals surface area contributed by atoms with Crippen molar-refractivity contribution < 1.29 is 5.11 Å². The zero-order valence-electron chi connectivity index (χ0n) is 9.13. The number of rotatable bonds is 3. The highest BCUT2D eigenvalue weighted by Crippen LogP contribution is 2.34. The van der Waals surface area contributed by atoms with Crippen LogP contribution in [0, 0.1) is 5.92 Å². The Morgan fingerprint density at radius 3 is 2.50 bits per heavy atom. The van der Waals surface area contributed by atoms with Gasteiger partial charge in [0, 0.05) is 0 Å². The van der Waals surface area contributed by atoms with Gasteiger partial charge in [0.1, 0.15) is 0 Å². The first-order chi connectivity index (χ1) is 7.66. The minimum absolute atomic E-state index is 0.405. The maximum Gasteiger partial charge on any atom is 0.0793 e. The lowest BCUT2D eigenvalue weighted by molar-refractivity contribution is 0.145. The van der Waals surface area contributed by atoms with Crippen molar-refractivity contribution >= 4 is 23.2 Å². The van der Waals surface area contributed by atoms with E-state index < -0.39 is 6.10 Å².